The Morgan fingerprint density at radius 2 is 1.89 bits per heavy atom. The largest absolute Gasteiger partial charge is 0.328 e. The van der Waals surface area contributed by atoms with Crippen molar-refractivity contribution in [3.05, 3.63) is 59.4 Å². The van der Waals surface area contributed by atoms with Crippen molar-refractivity contribution >= 4 is 34.2 Å². The van der Waals surface area contributed by atoms with E-state index in [1.807, 2.05) is 35.2 Å². The van der Waals surface area contributed by atoms with Gasteiger partial charge in [0.2, 0.25) is 5.91 Å². The third kappa shape index (κ3) is 3.46. The van der Waals surface area contributed by atoms with Crippen LogP contribution in [0.3, 0.4) is 0 Å². The molecular formula is C22H24ClN3O. The summed E-state index contributed by atoms with van der Waals surface area (Å²) in [7, 11) is 0. The van der Waals surface area contributed by atoms with Gasteiger partial charge >= 0.3 is 0 Å². The fourth-order valence-corrected chi connectivity index (χ4v) is 4.18. The first kappa shape index (κ1) is 18.1. The molecule has 0 spiro atoms. The molecule has 0 bridgehead atoms. The molecule has 0 unspecified atom stereocenters. The van der Waals surface area contributed by atoms with Crippen LogP contribution < -0.4 is 4.90 Å². The number of halogens is 1. The molecule has 0 saturated carbocycles. The molecule has 4 nitrogen and oxygen atoms in total. The molecule has 1 saturated heterocycles. The van der Waals surface area contributed by atoms with Crippen LogP contribution in [-0.4, -0.2) is 22.0 Å². The predicted molar refractivity (Wildman–Crippen MR) is 110 cm³/mol. The summed E-state index contributed by atoms with van der Waals surface area (Å²) >= 11 is 6.33. The van der Waals surface area contributed by atoms with Gasteiger partial charge in [-0.05, 0) is 30.7 Å². The highest BCUT2D eigenvalue weighted by atomic mass is 35.5. The van der Waals surface area contributed by atoms with Gasteiger partial charge in [-0.3, -0.25) is 4.79 Å². The standard InChI is InChI=1S/C22H24ClN3O/c1-2-3-8-13-25-20-12-7-5-10-18(20)24-22(25)16-14-21(27)26(15-16)19-11-6-4-9-17(19)23/h4-7,9-12,16H,2-3,8,13-15H2,1H3/t16-/m0/s1. The van der Waals surface area contributed by atoms with Crippen LogP contribution in [0.15, 0.2) is 48.5 Å². The van der Waals surface area contributed by atoms with Crippen LogP contribution in [0.4, 0.5) is 5.69 Å². The number of carbonyl (C=O) groups is 1. The Morgan fingerprint density at radius 3 is 2.70 bits per heavy atom. The number of aromatic nitrogens is 2. The van der Waals surface area contributed by atoms with Gasteiger partial charge in [0.15, 0.2) is 0 Å². The summed E-state index contributed by atoms with van der Waals surface area (Å²) in [6.45, 7) is 3.78. The molecule has 1 fully saturated rings. The van der Waals surface area contributed by atoms with Gasteiger partial charge in [-0.1, -0.05) is 55.6 Å². The molecule has 2 heterocycles. The molecule has 1 aromatic heterocycles. The second-order valence-electron chi connectivity index (χ2n) is 7.17. The van der Waals surface area contributed by atoms with Crippen LogP contribution in [0.5, 0.6) is 0 Å². The molecule has 3 aromatic rings. The fourth-order valence-electron chi connectivity index (χ4n) is 3.94. The van der Waals surface area contributed by atoms with Crippen molar-refractivity contribution in [3.8, 4) is 0 Å². The summed E-state index contributed by atoms with van der Waals surface area (Å²) in [6.07, 6.45) is 3.98. The van der Waals surface area contributed by atoms with E-state index in [0.717, 1.165) is 35.5 Å². The van der Waals surface area contributed by atoms with Gasteiger partial charge in [0.1, 0.15) is 5.82 Å². The van der Waals surface area contributed by atoms with E-state index < -0.39 is 0 Å². The first-order valence-electron chi connectivity index (χ1n) is 9.69. The number of rotatable bonds is 6. The van der Waals surface area contributed by atoms with E-state index >= 15 is 0 Å². The lowest BCUT2D eigenvalue weighted by Crippen LogP contribution is -2.24. The Bertz CT molecular complexity index is 965. The van der Waals surface area contributed by atoms with Crippen molar-refractivity contribution < 1.29 is 4.79 Å². The third-order valence-electron chi connectivity index (χ3n) is 5.30. The Labute approximate surface area is 164 Å². The maximum atomic E-state index is 12.7. The number of unbranched alkanes of at least 4 members (excludes halogenated alkanes) is 2. The van der Waals surface area contributed by atoms with Crippen LogP contribution in [0.1, 0.15) is 44.3 Å². The average Bonchev–Trinajstić information content (AvgIpc) is 3.23. The van der Waals surface area contributed by atoms with E-state index in [0.29, 0.717) is 18.0 Å². The topological polar surface area (TPSA) is 38.1 Å². The van der Waals surface area contributed by atoms with Gasteiger partial charge in [0.05, 0.1) is 21.7 Å². The highest BCUT2D eigenvalue weighted by molar-refractivity contribution is 6.33. The molecule has 1 amide bonds. The summed E-state index contributed by atoms with van der Waals surface area (Å²) in [5.41, 5.74) is 2.96. The summed E-state index contributed by atoms with van der Waals surface area (Å²) in [6, 6.07) is 15.8. The number of aryl methyl sites for hydroxylation is 1. The van der Waals surface area contributed by atoms with Crippen molar-refractivity contribution in [1.82, 2.24) is 9.55 Å². The molecule has 140 valence electrons. The number of imidazole rings is 1. The smallest absolute Gasteiger partial charge is 0.227 e. The minimum atomic E-state index is 0.0859. The fraction of sp³-hybridized carbons (Fsp3) is 0.364. The maximum Gasteiger partial charge on any atom is 0.227 e. The van der Waals surface area contributed by atoms with Crippen LogP contribution >= 0.6 is 11.6 Å². The number of carbonyl (C=O) groups excluding carboxylic acids is 1. The maximum absolute atomic E-state index is 12.7. The SMILES string of the molecule is CCCCCn1c([C@H]2CC(=O)N(c3ccccc3Cl)C2)nc2ccccc21. The number of nitrogens with zero attached hydrogens (tertiary/aromatic N) is 3. The quantitative estimate of drug-likeness (QED) is 0.536. The number of amides is 1. The van der Waals surface area contributed by atoms with Gasteiger partial charge in [-0.25, -0.2) is 4.98 Å². The summed E-state index contributed by atoms with van der Waals surface area (Å²) in [5, 5.41) is 0.614. The zero-order chi connectivity index (χ0) is 18.8. The van der Waals surface area contributed by atoms with E-state index in [1.165, 1.54) is 12.8 Å². The number of benzene rings is 2. The van der Waals surface area contributed by atoms with Gasteiger partial charge < -0.3 is 9.47 Å². The molecule has 1 aliphatic heterocycles. The van der Waals surface area contributed by atoms with Crippen molar-refractivity contribution in [2.24, 2.45) is 0 Å². The predicted octanol–water partition coefficient (Wildman–Crippen LogP) is 5.40. The Morgan fingerprint density at radius 1 is 1.11 bits per heavy atom. The van der Waals surface area contributed by atoms with E-state index in [1.54, 1.807) is 0 Å². The second kappa shape index (κ2) is 7.73. The molecule has 27 heavy (non-hydrogen) atoms. The monoisotopic (exact) mass is 381 g/mol. The highest BCUT2D eigenvalue weighted by Crippen LogP contribution is 2.36. The lowest BCUT2D eigenvalue weighted by atomic mass is 10.1. The Kier molecular flexibility index (Phi) is 5.17. The van der Waals surface area contributed by atoms with Gasteiger partial charge in [-0.2, -0.15) is 0 Å². The molecule has 5 heteroatoms. The molecule has 0 aliphatic carbocycles. The van der Waals surface area contributed by atoms with Gasteiger partial charge in [0.25, 0.3) is 0 Å². The first-order chi connectivity index (χ1) is 13.2. The number of para-hydroxylation sites is 3. The average molecular weight is 382 g/mol. The van der Waals surface area contributed by atoms with Crippen molar-refractivity contribution in [1.29, 1.82) is 0 Å². The van der Waals surface area contributed by atoms with Crippen LogP contribution in [0, 0.1) is 0 Å². The summed E-state index contributed by atoms with van der Waals surface area (Å²) in [5.74, 6) is 1.22. The minimum absolute atomic E-state index is 0.0859. The van der Waals surface area contributed by atoms with Gasteiger partial charge in [0, 0.05) is 25.4 Å². The summed E-state index contributed by atoms with van der Waals surface area (Å²) in [4.78, 5) is 19.4. The van der Waals surface area contributed by atoms with Crippen LogP contribution in [0.2, 0.25) is 5.02 Å². The van der Waals surface area contributed by atoms with E-state index in [9.17, 15) is 4.79 Å². The van der Waals surface area contributed by atoms with E-state index in [4.69, 9.17) is 16.6 Å². The van der Waals surface area contributed by atoms with E-state index in [2.05, 4.69) is 29.7 Å². The molecule has 1 aliphatic rings. The number of fused-ring (bicyclic) bond motifs is 1. The lowest BCUT2D eigenvalue weighted by Gasteiger charge is -2.18. The molecular weight excluding hydrogens is 358 g/mol. The number of anilines is 1. The third-order valence-corrected chi connectivity index (χ3v) is 5.62. The molecule has 2 aromatic carbocycles. The lowest BCUT2D eigenvalue weighted by molar-refractivity contribution is -0.117. The Balaban J connectivity index is 1.67. The number of hydrogen-bond donors (Lipinski definition) is 0. The van der Waals surface area contributed by atoms with Gasteiger partial charge in [-0.15, -0.1) is 0 Å². The van der Waals surface area contributed by atoms with E-state index in [-0.39, 0.29) is 11.8 Å². The molecule has 0 N–H and O–H groups in total. The minimum Gasteiger partial charge on any atom is -0.328 e. The second-order valence-corrected chi connectivity index (χ2v) is 7.58. The normalized spacial score (nSPS) is 17.2. The van der Waals surface area contributed by atoms with Crippen molar-refractivity contribution in [2.45, 2.75) is 45.1 Å². The summed E-state index contributed by atoms with van der Waals surface area (Å²) < 4.78 is 2.32. The van der Waals surface area contributed by atoms with Crippen molar-refractivity contribution in [3.63, 3.8) is 0 Å². The molecule has 0 radical (unpaired) electrons. The Hall–Kier alpha value is -2.33. The van der Waals surface area contributed by atoms with Crippen LogP contribution in [-0.2, 0) is 11.3 Å². The number of hydrogen-bond acceptors (Lipinski definition) is 2. The molecule has 1 atom stereocenters. The zero-order valence-corrected chi connectivity index (χ0v) is 16.3. The molecule has 4 rings (SSSR count). The van der Waals surface area contributed by atoms with Crippen molar-refractivity contribution in [2.75, 3.05) is 11.4 Å². The van der Waals surface area contributed by atoms with Crippen LogP contribution in [0.25, 0.3) is 11.0 Å². The highest BCUT2D eigenvalue weighted by Gasteiger charge is 2.35. The first-order valence-corrected chi connectivity index (χ1v) is 10.1. The zero-order valence-electron chi connectivity index (χ0n) is 15.6.